The van der Waals surface area contributed by atoms with E-state index in [0.717, 1.165) is 5.56 Å². The fraction of sp³-hybridized carbons (Fsp3) is 0.385. The predicted octanol–water partition coefficient (Wildman–Crippen LogP) is 0.960. The first kappa shape index (κ1) is 11.2. The van der Waals surface area contributed by atoms with Crippen molar-refractivity contribution in [2.75, 3.05) is 13.2 Å². The van der Waals surface area contributed by atoms with Gasteiger partial charge in [-0.1, -0.05) is 11.6 Å². The second kappa shape index (κ2) is 4.10. The van der Waals surface area contributed by atoms with Crippen molar-refractivity contribution in [1.82, 2.24) is 9.55 Å². The highest BCUT2D eigenvalue weighted by atomic mass is 16.5. The number of aromatic nitrogens is 2. The number of hydrogen-bond acceptors (Lipinski definition) is 3. The molecule has 18 heavy (non-hydrogen) atoms. The molecular weight excluding hydrogens is 232 g/mol. The van der Waals surface area contributed by atoms with Crippen LogP contribution < -0.4 is 11.2 Å². The van der Waals surface area contributed by atoms with Crippen LogP contribution in [-0.2, 0) is 4.74 Å². The van der Waals surface area contributed by atoms with Crippen LogP contribution >= 0.6 is 0 Å². The molecule has 3 rings (SSSR count). The molecule has 5 heteroatoms. The number of fused-ring (bicyclic) bond motifs is 1. The SMILES string of the molecule is Cc1ccc2[nH]c(=O)n(C3CCOC3)c(=O)c2c1. The van der Waals surface area contributed by atoms with Crippen molar-refractivity contribution in [3.8, 4) is 0 Å². The van der Waals surface area contributed by atoms with Crippen LogP contribution in [0.2, 0.25) is 0 Å². The molecule has 0 bridgehead atoms. The van der Waals surface area contributed by atoms with Crippen LogP contribution in [0.15, 0.2) is 27.8 Å². The van der Waals surface area contributed by atoms with E-state index >= 15 is 0 Å². The lowest BCUT2D eigenvalue weighted by atomic mass is 10.1. The van der Waals surface area contributed by atoms with E-state index in [1.54, 1.807) is 12.1 Å². The largest absolute Gasteiger partial charge is 0.379 e. The first-order chi connectivity index (χ1) is 8.66. The van der Waals surface area contributed by atoms with Crippen LogP contribution in [0.3, 0.4) is 0 Å². The zero-order chi connectivity index (χ0) is 12.7. The van der Waals surface area contributed by atoms with E-state index in [9.17, 15) is 9.59 Å². The van der Waals surface area contributed by atoms with Gasteiger partial charge in [0, 0.05) is 6.61 Å². The van der Waals surface area contributed by atoms with Crippen LogP contribution in [-0.4, -0.2) is 22.8 Å². The highest BCUT2D eigenvalue weighted by Gasteiger charge is 2.21. The Morgan fingerprint density at radius 2 is 2.22 bits per heavy atom. The van der Waals surface area contributed by atoms with E-state index in [1.165, 1.54) is 4.57 Å². The fourth-order valence-corrected chi connectivity index (χ4v) is 2.40. The Labute approximate surface area is 103 Å². The van der Waals surface area contributed by atoms with Crippen LogP contribution in [0.5, 0.6) is 0 Å². The zero-order valence-electron chi connectivity index (χ0n) is 10.1. The molecule has 1 N–H and O–H groups in total. The molecule has 0 aliphatic carbocycles. The molecule has 1 fully saturated rings. The first-order valence-electron chi connectivity index (χ1n) is 6.00. The van der Waals surface area contributed by atoms with E-state index in [1.807, 2.05) is 13.0 Å². The summed E-state index contributed by atoms with van der Waals surface area (Å²) in [5, 5.41) is 0.557. The lowest BCUT2D eigenvalue weighted by Crippen LogP contribution is -2.38. The van der Waals surface area contributed by atoms with Gasteiger partial charge in [0.25, 0.3) is 5.56 Å². The second-order valence-corrected chi connectivity index (χ2v) is 4.67. The average Bonchev–Trinajstić information content (AvgIpc) is 2.84. The molecule has 1 aromatic heterocycles. The monoisotopic (exact) mass is 246 g/mol. The third-order valence-corrected chi connectivity index (χ3v) is 3.36. The minimum Gasteiger partial charge on any atom is -0.379 e. The molecule has 2 heterocycles. The van der Waals surface area contributed by atoms with E-state index in [0.29, 0.717) is 30.5 Å². The minimum atomic E-state index is -0.355. The number of rotatable bonds is 1. The molecule has 1 unspecified atom stereocenters. The maximum atomic E-state index is 12.4. The molecule has 2 aromatic rings. The van der Waals surface area contributed by atoms with Crippen molar-refractivity contribution in [2.24, 2.45) is 0 Å². The quantitative estimate of drug-likeness (QED) is 0.815. The number of hydrogen-bond donors (Lipinski definition) is 1. The molecule has 0 amide bonds. The lowest BCUT2D eigenvalue weighted by Gasteiger charge is -2.11. The average molecular weight is 246 g/mol. The van der Waals surface area contributed by atoms with Crippen molar-refractivity contribution in [3.05, 3.63) is 44.6 Å². The van der Waals surface area contributed by atoms with Crippen molar-refractivity contribution in [1.29, 1.82) is 0 Å². The summed E-state index contributed by atoms with van der Waals surface area (Å²) in [5.41, 5.74) is 1.01. The van der Waals surface area contributed by atoms with Crippen LogP contribution in [0.25, 0.3) is 10.9 Å². The Balaban J connectivity index is 2.32. The Kier molecular flexibility index (Phi) is 2.56. The van der Waals surface area contributed by atoms with Crippen molar-refractivity contribution in [3.63, 3.8) is 0 Å². The van der Waals surface area contributed by atoms with Gasteiger partial charge >= 0.3 is 5.69 Å². The topological polar surface area (TPSA) is 64.1 Å². The summed E-state index contributed by atoms with van der Waals surface area (Å²) in [6, 6.07) is 5.30. The van der Waals surface area contributed by atoms with Crippen LogP contribution in [0, 0.1) is 6.92 Å². The van der Waals surface area contributed by atoms with Gasteiger partial charge in [-0.25, -0.2) is 4.79 Å². The smallest absolute Gasteiger partial charge is 0.329 e. The van der Waals surface area contributed by atoms with E-state index in [2.05, 4.69) is 4.98 Å². The summed E-state index contributed by atoms with van der Waals surface area (Å²) in [6.07, 6.45) is 0.709. The predicted molar refractivity (Wildman–Crippen MR) is 68.0 cm³/mol. The molecule has 0 radical (unpaired) electrons. The molecule has 1 aliphatic rings. The van der Waals surface area contributed by atoms with Gasteiger partial charge in [0.15, 0.2) is 0 Å². The van der Waals surface area contributed by atoms with Crippen LogP contribution in [0.4, 0.5) is 0 Å². The molecule has 0 saturated carbocycles. The van der Waals surface area contributed by atoms with Crippen LogP contribution in [0.1, 0.15) is 18.0 Å². The van der Waals surface area contributed by atoms with Gasteiger partial charge in [0.2, 0.25) is 0 Å². The summed E-state index contributed by atoms with van der Waals surface area (Å²) in [5.74, 6) is 0. The standard InChI is InChI=1S/C13H14N2O3/c1-8-2-3-11-10(6-8)12(16)15(13(17)14-11)9-4-5-18-7-9/h2-3,6,9H,4-5,7H2,1H3,(H,14,17). The number of aromatic amines is 1. The molecule has 1 aliphatic heterocycles. The Morgan fingerprint density at radius 1 is 1.39 bits per heavy atom. The fourth-order valence-electron chi connectivity index (χ4n) is 2.40. The highest BCUT2D eigenvalue weighted by Crippen LogP contribution is 2.16. The molecule has 1 atom stereocenters. The normalized spacial score (nSPS) is 19.5. The Hall–Kier alpha value is -1.88. The molecule has 94 valence electrons. The minimum absolute atomic E-state index is 0.147. The van der Waals surface area contributed by atoms with E-state index in [4.69, 9.17) is 4.74 Å². The molecular formula is C13H14N2O3. The number of nitrogens with one attached hydrogen (secondary N) is 1. The van der Waals surface area contributed by atoms with Gasteiger partial charge in [0.05, 0.1) is 23.6 Å². The lowest BCUT2D eigenvalue weighted by molar-refractivity contribution is 0.185. The Morgan fingerprint density at radius 3 is 2.94 bits per heavy atom. The Bertz CT molecular complexity index is 708. The van der Waals surface area contributed by atoms with Gasteiger partial charge in [-0.2, -0.15) is 0 Å². The molecule has 1 saturated heterocycles. The van der Waals surface area contributed by atoms with Gasteiger partial charge in [-0.15, -0.1) is 0 Å². The first-order valence-corrected chi connectivity index (χ1v) is 6.00. The second-order valence-electron chi connectivity index (χ2n) is 4.67. The highest BCUT2D eigenvalue weighted by molar-refractivity contribution is 5.77. The number of benzene rings is 1. The van der Waals surface area contributed by atoms with E-state index in [-0.39, 0.29) is 17.3 Å². The number of H-pyrrole nitrogens is 1. The van der Waals surface area contributed by atoms with Crippen molar-refractivity contribution < 1.29 is 4.74 Å². The van der Waals surface area contributed by atoms with Gasteiger partial charge in [-0.05, 0) is 25.5 Å². The van der Waals surface area contributed by atoms with Crippen molar-refractivity contribution >= 4 is 10.9 Å². The number of aryl methyl sites for hydroxylation is 1. The maximum Gasteiger partial charge on any atom is 0.329 e. The molecule has 5 nitrogen and oxygen atoms in total. The van der Waals surface area contributed by atoms with Gasteiger partial charge in [-0.3, -0.25) is 9.36 Å². The summed E-state index contributed by atoms with van der Waals surface area (Å²) >= 11 is 0. The summed E-state index contributed by atoms with van der Waals surface area (Å²) in [6.45, 7) is 2.95. The number of nitrogens with zero attached hydrogens (tertiary/aromatic N) is 1. The summed E-state index contributed by atoms with van der Waals surface area (Å²) in [7, 11) is 0. The van der Waals surface area contributed by atoms with Gasteiger partial charge < -0.3 is 9.72 Å². The van der Waals surface area contributed by atoms with E-state index < -0.39 is 0 Å². The summed E-state index contributed by atoms with van der Waals surface area (Å²) < 4.78 is 6.53. The summed E-state index contributed by atoms with van der Waals surface area (Å²) in [4.78, 5) is 27.1. The zero-order valence-corrected chi connectivity index (χ0v) is 10.1. The maximum absolute atomic E-state index is 12.4. The van der Waals surface area contributed by atoms with Crippen molar-refractivity contribution in [2.45, 2.75) is 19.4 Å². The third kappa shape index (κ3) is 1.67. The third-order valence-electron chi connectivity index (χ3n) is 3.36. The number of ether oxygens (including phenoxy) is 1. The molecule has 0 spiro atoms. The van der Waals surface area contributed by atoms with Gasteiger partial charge in [0.1, 0.15) is 0 Å². The molecule has 1 aromatic carbocycles.